The summed E-state index contributed by atoms with van der Waals surface area (Å²) in [5.41, 5.74) is 0.863. The fraction of sp³-hybridized carbons (Fsp3) is 0.533. The van der Waals surface area contributed by atoms with E-state index >= 15 is 0 Å². The van der Waals surface area contributed by atoms with Crippen LogP contribution in [0.4, 0.5) is 4.39 Å². The number of amides is 1. The number of carbonyl (C=O) groups is 1. The first-order chi connectivity index (χ1) is 9.65. The second-order valence-corrected chi connectivity index (χ2v) is 6.62. The van der Waals surface area contributed by atoms with Crippen molar-refractivity contribution < 1.29 is 14.3 Å². The Bertz CT molecular complexity index is 523. The van der Waals surface area contributed by atoms with Crippen molar-refractivity contribution in [1.29, 1.82) is 0 Å². The summed E-state index contributed by atoms with van der Waals surface area (Å²) in [6.45, 7) is 0. The maximum absolute atomic E-state index is 13.4. The van der Waals surface area contributed by atoms with Gasteiger partial charge in [-0.05, 0) is 49.4 Å². The van der Waals surface area contributed by atoms with Crippen molar-refractivity contribution in [3.05, 3.63) is 29.6 Å². The third kappa shape index (κ3) is 2.69. The monoisotopic (exact) mass is 295 g/mol. The van der Waals surface area contributed by atoms with E-state index in [9.17, 15) is 14.3 Å². The van der Waals surface area contributed by atoms with Gasteiger partial charge in [-0.15, -0.1) is 11.8 Å². The van der Waals surface area contributed by atoms with Gasteiger partial charge < -0.3 is 10.4 Å². The van der Waals surface area contributed by atoms with E-state index in [1.807, 2.05) is 0 Å². The molecule has 1 fully saturated rings. The van der Waals surface area contributed by atoms with E-state index in [0.717, 1.165) is 35.5 Å². The van der Waals surface area contributed by atoms with Crippen LogP contribution in [0, 0.1) is 11.7 Å². The van der Waals surface area contributed by atoms with E-state index in [2.05, 4.69) is 5.32 Å². The Morgan fingerprint density at radius 2 is 2.20 bits per heavy atom. The third-order valence-electron chi connectivity index (χ3n) is 4.14. The number of nitrogens with one attached hydrogen (secondary N) is 1. The lowest BCUT2D eigenvalue weighted by molar-refractivity contribution is -0.128. The van der Waals surface area contributed by atoms with Crippen molar-refractivity contribution in [3.8, 4) is 0 Å². The zero-order chi connectivity index (χ0) is 14.1. The van der Waals surface area contributed by atoms with Crippen molar-refractivity contribution in [2.75, 3.05) is 5.75 Å². The van der Waals surface area contributed by atoms with Crippen molar-refractivity contribution in [2.45, 2.75) is 42.7 Å². The minimum absolute atomic E-state index is 0.0953. The molecule has 3 atom stereocenters. The Balaban J connectivity index is 1.76. The molecule has 2 aliphatic rings. The van der Waals surface area contributed by atoms with Crippen LogP contribution in [0.1, 0.15) is 37.3 Å². The van der Waals surface area contributed by atoms with Gasteiger partial charge >= 0.3 is 0 Å². The molecule has 108 valence electrons. The molecule has 3 unspecified atom stereocenters. The van der Waals surface area contributed by atoms with Crippen LogP contribution < -0.4 is 5.32 Å². The number of hydrogen-bond donors (Lipinski definition) is 2. The first kappa shape index (κ1) is 13.9. The molecule has 1 aliphatic heterocycles. The Labute approximate surface area is 121 Å². The van der Waals surface area contributed by atoms with Gasteiger partial charge in [-0.2, -0.15) is 0 Å². The molecule has 1 aromatic rings. The summed E-state index contributed by atoms with van der Waals surface area (Å²) < 4.78 is 13.4. The Morgan fingerprint density at radius 1 is 1.35 bits per heavy atom. The lowest BCUT2D eigenvalue weighted by Gasteiger charge is -2.27. The number of fused-ring (bicyclic) bond motifs is 1. The van der Waals surface area contributed by atoms with Gasteiger partial charge in [0.05, 0.1) is 18.1 Å². The lowest BCUT2D eigenvalue weighted by atomic mass is 10.0. The van der Waals surface area contributed by atoms with Crippen LogP contribution in [0.15, 0.2) is 23.1 Å². The van der Waals surface area contributed by atoms with Crippen LogP contribution in [-0.2, 0) is 4.79 Å². The zero-order valence-electron chi connectivity index (χ0n) is 11.1. The minimum atomic E-state index is -0.528. The van der Waals surface area contributed by atoms with Crippen molar-refractivity contribution in [2.24, 2.45) is 5.92 Å². The predicted octanol–water partition coefficient (Wildman–Crippen LogP) is 2.64. The highest BCUT2D eigenvalue weighted by molar-refractivity contribution is 7.99. The van der Waals surface area contributed by atoms with Crippen LogP contribution >= 0.6 is 11.8 Å². The number of hydrogen-bond acceptors (Lipinski definition) is 3. The molecule has 1 aliphatic carbocycles. The molecule has 5 heteroatoms. The first-order valence-corrected chi connectivity index (χ1v) is 8.04. The Morgan fingerprint density at radius 3 is 2.95 bits per heavy atom. The summed E-state index contributed by atoms with van der Waals surface area (Å²) in [4.78, 5) is 13.3. The number of carbonyl (C=O) groups excluding carboxylic acids is 1. The van der Waals surface area contributed by atoms with E-state index < -0.39 is 6.10 Å². The molecule has 2 N–H and O–H groups in total. The number of aliphatic hydroxyl groups excluding tert-OH is 1. The third-order valence-corrected chi connectivity index (χ3v) is 5.27. The van der Waals surface area contributed by atoms with Crippen LogP contribution in [0.3, 0.4) is 0 Å². The summed E-state index contributed by atoms with van der Waals surface area (Å²) in [7, 11) is 0. The van der Waals surface area contributed by atoms with Crippen molar-refractivity contribution in [1.82, 2.24) is 5.32 Å². The molecule has 1 aromatic carbocycles. The van der Waals surface area contributed by atoms with Crippen LogP contribution in [0.25, 0.3) is 0 Å². The molecule has 1 heterocycles. The minimum Gasteiger partial charge on any atom is -0.392 e. The summed E-state index contributed by atoms with van der Waals surface area (Å²) >= 11 is 1.69. The summed E-state index contributed by atoms with van der Waals surface area (Å²) in [6, 6.07) is 4.61. The van der Waals surface area contributed by atoms with Crippen LogP contribution in [0.5, 0.6) is 0 Å². The van der Waals surface area contributed by atoms with E-state index in [1.165, 1.54) is 12.1 Å². The molecule has 0 aromatic heterocycles. The average Bonchev–Trinajstić information content (AvgIpc) is 2.86. The molecule has 0 bridgehead atoms. The first-order valence-electron chi connectivity index (χ1n) is 7.06. The molecule has 0 saturated heterocycles. The average molecular weight is 295 g/mol. The SMILES string of the molecule is O=C(NC1CCSc2ccc(F)cc21)C1CCCC1O. The lowest BCUT2D eigenvalue weighted by Crippen LogP contribution is -2.38. The number of halogens is 1. The maximum atomic E-state index is 13.4. The van der Waals surface area contributed by atoms with Crippen molar-refractivity contribution >= 4 is 17.7 Å². The smallest absolute Gasteiger partial charge is 0.226 e. The topological polar surface area (TPSA) is 49.3 Å². The van der Waals surface area contributed by atoms with Gasteiger partial charge in [-0.25, -0.2) is 4.39 Å². The summed E-state index contributed by atoms with van der Waals surface area (Å²) in [5, 5.41) is 12.8. The van der Waals surface area contributed by atoms with Gasteiger partial charge in [0, 0.05) is 10.6 Å². The normalized spacial score (nSPS) is 29.0. The maximum Gasteiger partial charge on any atom is 0.226 e. The Hall–Kier alpha value is -1.07. The van der Waals surface area contributed by atoms with Gasteiger partial charge in [0.2, 0.25) is 5.91 Å². The van der Waals surface area contributed by atoms with E-state index in [-0.39, 0.29) is 23.7 Å². The molecular formula is C15H18FNO2S. The van der Waals surface area contributed by atoms with Gasteiger partial charge in [-0.1, -0.05) is 0 Å². The number of aliphatic hydroxyl groups is 1. The van der Waals surface area contributed by atoms with E-state index in [4.69, 9.17) is 0 Å². The number of thioether (sulfide) groups is 1. The van der Waals surface area contributed by atoms with Crippen LogP contribution in [0.2, 0.25) is 0 Å². The summed E-state index contributed by atoms with van der Waals surface area (Å²) in [6.07, 6.45) is 2.61. The predicted molar refractivity (Wildman–Crippen MR) is 76.0 cm³/mol. The van der Waals surface area contributed by atoms with Gasteiger partial charge in [0.1, 0.15) is 5.82 Å². The van der Waals surface area contributed by atoms with Gasteiger partial charge in [0.25, 0.3) is 0 Å². The standard InChI is InChI=1S/C15H18FNO2S/c16-9-4-5-14-11(8-9)12(6-7-20-14)17-15(19)10-2-1-3-13(10)18/h4-5,8,10,12-13,18H,1-3,6-7H2,(H,17,19). The highest BCUT2D eigenvalue weighted by atomic mass is 32.2. The fourth-order valence-corrected chi connectivity index (χ4v) is 4.15. The van der Waals surface area contributed by atoms with Crippen LogP contribution in [-0.4, -0.2) is 22.9 Å². The zero-order valence-corrected chi connectivity index (χ0v) is 12.0. The van der Waals surface area contributed by atoms with Crippen molar-refractivity contribution in [3.63, 3.8) is 0 Å². The molecule has 3 rings (SSSR count). The second kappa shape index (κ2) is 5.74. The van der Waals surface area contributed by atoms with Gasteiger partial charge in [-0.3, -0.25) is 4.79 Å². The molecule has 1 saturated carbocycles. The van der Waals surface area contributed by atoms with E-state index in [0.29, 0.717) is 6.42 Å². The largest absolute Gasteiger partial charge is 0.392 e. The molecule has 20 heavy (non-hydrogen) atoms. The quantitative estimate of drug-likeness (QED) is 0.882. The molecule has 0 radical (unpaired) electrons. The van der Waals surface area contributed by atoms with Gasteiger partial charge in [0.15, 0.2) is 0 Å². The highest BCUT2D eigenvalue weighted by Gasteiger charge is 2.33. The molecular weight excluding hydrogens is 277 g/mol. The van der Waals surface area contributed by atoms with E-state index in [1.54, 1.807) is 17.8 Å². The fourth-order valence-electron chi connectivity index (χ4n) is 3.04. The molecule has 3 nitrogen and oxygen atoms in total. The Kier molecular flexibility index (Phi) is 3.98. The molecule has 0 spiro atoms. The molecule has 1 amide bonds. The second-order valence-electron chi connectivity index (χ2n) is 5.49. The summed E-state index contributed by atoms with van der Waals surface area (Å²) in [5.74, 6) is 0.242. The highest BCUT2D eigenvalue weighted by Crippen LogP contribution is 2.37. The number of rotatable bonds is 2. The number of benzene rings is 1.